The summed E-state index contributed by atoms with van der Waals surface area (Å²) in [6.45, 7) is 7.78. The highest BCUT2D eigenvalue weighted by atomic mass is 16.5. The molecule has 0 saturated carbocycles. The molecule has 0 spiro atoms. The number of carbonyl (C=O) groups excluding carboxylic acids is 2. The third kappa shape index (κ3) is 5.34. The molecule has 3 rings (SSSR count). The molecule has 0 bridgehead atoms. The van der Waals surface area contributed by atoms with Crippen LogP contribution in [0, 0.1) is 13.8 Å². The molecule has 6 nitrogen and oxygen atoms in total. The average molecular weight is 420 g/mol. The number of rotatable bonds is 7. The lowest BCUT2D eigenvalue weighted by Crippen LogP contribution is -2.31. The number of methoxy groups -OCH3 is 1. The van der Waals surface area contributed by atoms with E-state index in [-0.39, 0.29) is 17.9 Å². The van der Waals surface area contributed by atoms with Crippen molar-refractivity contribution in [3.8, 4) is 11.4 Å². The van der Waals surface area contributed by atoms with Crippen molar-refractivity contribution < 1.29 is 14.3 Å². The van der Waals surface area contributed by atoms with Crippen LogP contribution in [0.5, 0.6) is 5.75 Å². The van der Waals surface area contributed by atoms with Gasteiger partial charge in [0.15, 0.2) is 0 Å². The van der Waals surface area contributed by atoms with Crippen LogP contribution in [0.3, 0.4) is 0 Å². The molecule has 0 aliphatic heterocycles. The predicted octanol–water partition coefficient (Wildman–Crippen LogP) is 4.42. The Morgan fingerprint density at radius 1 is 1.00 bits per heavy atom. The fourth-order valence-corrected chi connectivity index (χ4v) is 3.58. The Morgan fingerprint density at radius 3 is 2.23 bits per heavy atom. The van der Waals surface area contributed by atoms with E-state index in [0.29, 0.717) is 17.7 Å². The summed E-state index contributed by atoms with van der Waals surface area (Å²) < 4.78 is 7.27. The van der Waals surface area contributed by atoms with E-state index in [0.717, 1.165) is 28.4 Å². The van der Waals surface area contributed by atoms with Crippen LogP contribution < -0.4 is 15.4 Å². The molecular formula is C25H29N3O3. The molecule has 3 aromatic rings. The second-order valence-electron chi connectivity index (χ2n) is 7.87. The van der Waals surface area contributed by atoms with E-state index in [1.54, 1.807) is 7.11 Å². The average Bonchev–Trinajstić information content (AvgIpc) is 3.03. The van der Waals surface area contributed by atoms with Crippen molar-refractivity contribution in [2.45, 2.75) is 40.2 Å². The summed E-state index contributed by atoms with van der Waals surface area (Å²) >= 11 is 0. The first-order valence-corrected chi connectivity index (χ1v) is 10.3. The summed E-state index contributed by atoms with van der Waals surface area (Å²) in [5.74, 6) is 0.602. The number of ether oxygens (including phenoxy) is 1. The molecule has 1 heterocycles. The van der Waals surface area contributed by atoms with Gasteiger partial charge in [0, 0.05) is 28.8 Å². The Bertz CT molecular complexity index is 1060. The van der Waals surface area contributed by atoms with Gasteiger partial charge in [-0.25, -0.2) is 0 Å². The van der Waals surface area contributed by atoms with E-state index in [4.69, 9.17) is 4.74 Å². The SMILES string of the molecule is COc1ccc(-n2c(C)cc(C(=O)Nc3ccc(CC(=O)NC(C)C)cc3)c2C)cc1. The first kappa shape index (κ1) is 22.2. The van der Waals surface area contributed by atoms with Gasteiger partial charge in [-0.3, -0.25) is 9.59 Å². The molecule has 1 aromatic heterocycles. The smallest absolute Gasteiger partial charge is 0.257 e. The number of carbonyl (C=O) groups is 2. The Kier molecular flexibility index (Phi) is 6.80. The van der Waals surface area contributed by atoms with Crippen LogP contribution >= 0.6 is 0 Å². The highest BCUT2D eigenvalue weighted by Gasteiger charge is 2.17. The molecule has 2 aromatic carbocycles. The van der Waals surface area contributed by atoms with E-state index < -0.39 is 0 Å². The highest BCUT2D eigenvalue weighted by molar-refractivity contribution is 6.05. The lowest BCUT2D eigenvalue weighted by Gasteiger charge is -2.11. The van der Waals surface area contributed by atoms with Crippen LogP contribution in [0.2, 0.25) is 0 Å². The number of nitrogens with zero attached hydrogens (tertiary/aromatic N) is 1. The third-order valence-corrected chi connectivity index (χ3v) is 5.03. The molecule has 6 heteroatoms. The summed E-state index contributed by atoms with van der Waals surface area (Å²) in [5.41, 5.74) is 5.01. The summed E-state index contributed by atoms with van der Waals surface area (Å²) in [7, 11) is 1.64. The Morgan fingerprint density at radius 2 is 1.65 bits per heavy atom. The molecule has 0 aliphatic carbocycles. The van der Waals surface area contributed by atoms with Crippen molar-refractivity contribution in [2.24, 2.45) is 0 Å². The van der Waals surface area contributed by atoms with Crippen molar-refractivity contribution in [2.75, 3.05) is 12.4 Å². The lowest BCUT2D eigenvalue weighted by atomic mass is 10.1. The minimum absolute atomic E-state index is 0.0160. The van der Waals surface area contributed by atoms with E-state index >= 15 is 0 Å². The molecule has 0 aliphatic rings. The second kappa shape index (κ2) is 9.51. The fraction of sp³-hybridized carbons (Fsp3) is 0.280. The zero-order valence-corrected chi connectivity index (χ0v) is 18.7. The van der Waals surface area contributed by atoms with Crippen molar-refractivity contribution in [1.29, 1.82) is 0 Å². The second-order valence-corrected chi connectivity index (χ2v) is 7.87. The number of nitrogens with one attached hydrogen (secondary N) is 2. The number of hydrogen-bond acceptors (Lipinski definition) is 3. The molecule has 0 saturated heterocycles. The first-order valence-electron chi connectivity index (χ1n) is 10.3. The number of anilines is 1. The van der Waals surface area contributed by atoms with E-state index in [1.807, 2.05) is 86.9 Å². The van der Waals surface area contributed by atoms with Crippen LogP contribution in [-0.4, -0.2) is 29.5 Å². The van der Waals surface area contributed by atoms with Gasteiger partial charge in [0.05, 0.1) is 19.1 Å². The quantitative estimate of drug-likeness (QED) is 0.595. The van der Waals surface area contributed by atoms with Crippen LogP contribution in [-0.2, 0) is 11.2 Å². The van der Waals surface area contributed by atoms with Crippen LogP contribution in [0.15, 0.2) is 54.6 Å². The number of hydrogen-bond donors (Lipinski definition) is 2. The van der Waals surface area contributed by atoms with Crippen molar-refractivity contribution >= 4 is 17.5 Å². The van der Waals surface area contributed by atoms with E-state index in [9.17, 15) is 9.59 Å². The topological polar surface area (TPSA) is 72.4 Å². The number of aryl methyl sites for hydroxylation is 1. The molecule has 0 unspecified atom stereocenters. The minimum atomic E-state index is -0.168. The maximum atomic E-state index is 12.9. The largest absolute Gasteiger partial charge is 0.497 e. The fourth-order valence-electron chi connectivity index (χ4n) is 3.58. The highest BCUT2D eigenvalue weighted by Crippen LogP contribution is 2.23. The lowest BCUT2D eigenvalue weighted by molar-refractivity contribution is -0.120. The predicted molar refractivity (Wildman–Crippen MR) is 123 cm³/mol. The van der Waals surface area contributed by atoms with Gasteiger partial charge in [-0.05, 0) is 75.7 Å². The Balaban J connectivity index is 1.73. The summed E-state index contributed by atoms with van der Waals surface area (Å²) in [5, 5.41) is 5.82. The molecule has 162 valence electrons. The minimum Gasteiger partial charge on any atom is -0.497 e. The van der Waals surface area contributed by atoms with Crippen molar-refractivity contribution in [1.82, 2.24) is 9.88 Å². The Hall–Kier alpha value is -3.54. The normalized spacial score (nSPS) is 10.8. The molecular weight excluding hydrogens is 390 g/mol. The third-order valence-electron chi connectivity index (χ3n) is 5.03. The van der Waals surface area contributed by atoms with Gasteiger partial charge < -0.3 is 19.9 Å². The monoisotopic (exact) mass is 419 g/mol. The first-order chi connectivity index (χ1) is 14.8. The number of benzene rings is 2. The van der Waals surface area contributed by atoms with Crippen molar-refractivity contribution in [3.05, 3.63) is 77.1 Å². The number of amides is 2. The molecule has 2 N–H and O–H groups in total. The summed E-state index contributed by atoms with van der Waals surface area (Å²) in [4.78, 5) is 24.8. The standard InChI is InChI=1S/C25H29N3O3/c1-16(2)26-24(29)15-19-6-8-20(9-7-19)27-25(30)23-14-17(3)28(18(23)4)21-10-12-22(31-5)13-11-21/h6-14,16H,15H2,1-5H3,(H,26,29)(H,27,30). The van der Waals surface area contributed by atoms with Gasteiger partial charge in [0.1, 0.15) is 5.75 Å². The van der Waals surface area contributed by atoms with Crippen molar-refractivity contribution in [3.63, 3.8) is 0 Å². The van der Waals surface area contributed by atoms with Crippen LogP contribution in [0.1, 0.15) is 41.2 Å². The molecule has 31 heavy (non-hydrogen) atoms. The summed E-state index contributed by atoms with van der Waals surface area (Å²) in [6, 6.07) is 17.1. The van der Waals surface area contributed by atoms with Gasteiger partial charge >= 0.3 is 0 Å². The maximum Gasteiger partial charge on any atom is 0.257 e. The van der Waals surface area contributed by atoms with E-state index in [2.05, 4.69) is 10.6 Å². The number of aromatic nitrogens is 1. The molecule has 0 atom stereocenters. The van der Waals surface area contributed by atoms with Gasteiger partial charge in [-0.15, -0.1) is 0 Å². The zero-order valence-electron chi connectivity index (χ0n) is 18.7. The summed E-state index contributed by atoms with van der Waals surface area (Å²) in [6.07, 6.45) is 0.315. The van der Waals surface area contributed by atoms with Gasteiger partial charge in [0.25, 0.3) is 5.91 Å². The molecule has 2 amide bonds. The van der Waals surface area contributed by atoms with Gasteiger partial charge in [-0.2, -0.15) is 0 Å². The maximum absolute atomic E-state index is 12.9. The van der Waals surface area contributed by atoms with Gasteiger partial charge in [-0.1, -0.05) is 12.1 Å². The van der Waals surface area contributed by atoms with E-state index in [1.165, 1.54) is 0 Å². The Labute approximate surface area is 183 Å². The zero-order chi connectivity index (χ0) is 22.5. The molecule has 0 fully saturated rings. The molecule has 0 radical (unpaired) electrons. The van der Waals surface area contributed by atoms with Gasteiger partial charge in [0.2, 0.25) is 5.91 Å². The van der Waals surface area contributed by atoms with Crippen LogP contribution in [0.25, 0.3) is 5.69 Å². The van der Waals surface area contributed by atoms with Crippen LogP contribution in [0.4, 0.5) is 5.69 Å².